The zero-order valence-corrected chi connectivity index (χ0v) is 7.14. The fourth-order valence-electron chi connectivity index (χ4n) is 1.66. The summed E-state index contributed by atoms with van der Waals surface area (Å²) in [7, 11) is 0. The van der Waals surface area contributed by atoms with Crippen LogP contribution in [0.1, 0.15) is 38.5 Å². The highest BCUT2D eigenvalue weighted by Crippen LogP contribution is 2.12. The van der Waals surface area contributed by atoms with Crippen LogP contribution >= 0.6 is 0 Å². The van der Waals surface area contributed by atoms with Gasteiger partial charge in [0, 0.05) is 6.04 Å². The minimum Gasteiger partial charge on any atom is -0.314 e. The van der Waals surface area contributed by atoms with E-state index in [0.717, 1.165) is 18.9 Å². The largest absolute Gasteiger partial charge is 0.314 e. The van der Waals surface area contributed by atoms with Crippen molar-refractivity contribution in [3.8, 4) is 0 Å². The van der Waals surface area contributed by atoms with Crippen LogP contribution in [-0.2, 0) is 5.11 Å². The van der Waals surface area contributed by atoms with Crippen molar-refractivity contribution in [2.45, 2.75) is 44.6 Å². The third kappa shape index (κ3) is 3.73. The quantitative estimate of drug-likeness (QED) is 0.618. The molecule has 65 valence electrons. The molecule has 1 heterocycles. The number of rotatable bonds is 4. The Morgan fingerprint density at radius 3 is 2.82 bits per heavy atom. The summed E-state index contributed by atoms with van der Waals surface area (Å²) in [5.41, 5.74) is 0. The maximum absolute atomic E-state index is 10.2. The van der Waals surface area contributed by atoms with Crippen molar-refractivity contribution in [3.63, 3.8) is 0 Å². The maximum atomic E-state index is 10.2. The molecule has 0 aliphatic carbocycles. The van der Waals surface area contributed by atoms with Crippen molar-refractivity contribution in [3.05, 3.63) is 0 Å². The Morgan fingerprint density at radius 2 is 2.18 bits per heavy atom. The minimum absolute atomic E-state index is 0.104. The molecule has 2 nitrogen and oxygen atoms in total. The molecule has 1 rings (SSSR count). The van der Waals surface area contributed by atoms with Crippen molar-refractivity contribution in [2.75, 3.05) is 13.2 Å². The first-order chi connectivity index (χ1) is 5.43. The Bertz CT molecular complexity index is 89.6. The van der Waals surface area contributed by atoms with Gasteiger partial charge in [0.2, 0.25) is 0 Å². The lowest BCUT2D eigenvalue weighted by Gasteiger charge is -2.22. The van der Waals surface area contributed by atoms with Gasteiger partial charge in [0.15, 0.2) is 0 Å². The molecule has 1 aliphatic heterocycles. The Labute approximate surface area is 69.0 Å². The Kier molecular flexibility index (Phi) is 4.55. The lowest BCUT2D eigenvalue weighted by atomic mass is 10.00. The molecule has 1 unspecified atom stereocenters. The van der Waals surface area contributed by atoms with Crippen molar-refractivity contribution in [1.82, 2.24) is 5.32 Å². The van der Waals surface area contributed by atoms with Gasteiger partial charge in [-0.15, -0.1) is 0 Å². The molecule has 1 N–H and O–H groups in total. The lowest BCUT2D eigenvalue weighted by Crippen LogP contribution is -2.33. The van der Waals surface area contributed by atoms with Gasteiger partial charge in [-0.05, 0) is 38.6 Å². The van der Waals surface area contributed by atoms with Gasteiger partial charge < -0.3 is 5.32 Å². The molecule has 0 spiro atoms. The van der Waals surface area contributed by atoms with E-state index in [1.807, 2.05) is 0 Å². The zero-order valence-electron chi connectivity index (χ0n) is 7.14. The molecule has 0 aromatic heterocycles. The average molecular weight is 156 g/mol. The van der Waals surface area contributed by atoms with E-state index in [0.29, 0.717) is 0 Å². The standard InChI is InChI=1S/C9H18NO/c11-8-4-2-6-9-5-1-3-7-10-9/h9-10H,1-8H2. The van der Waals surface area contributed by atoms with Crippen LogP contribution in [0, 0.1) is 0 Å². The summed E-state index contributed by atoms with van der Waals surface area (Å²) in [5, 5.41) is 13.6. The summed E-state index contributed by atoms with van der Waals surface area (Å²) in [6.07, 6.45) is 7.20. The summed E-state index contributed by atoms with van der Waals surface area (Å²) < 4.78 is 0. The predicted octanol–water partition coefficient (Wildman–Crippen LogP) is 1.73. The predicted molar refractivity (Wildman–Crippen MR) is 45.0 cm³/mol. The topological polar surface area (TPSA) is 31.9 Å². The van der Waals surface area contributed by atoms with Gasteiger partial charge in [-0.1, -0.05) is 6.42 Å². The number of piperidine rings is 1. The van der Waals surface area contributed by atoms with Gasteiger partial charge in [0.1, 0.15) is 0 Å². The second kappa shape index (κ2) is 5.56. The molecular weight excluding hydrogens is 138 g/mol. The number of hydrogen-bond acceptors (Lipinski definition) is 1. The molecule has 0 aromatic rings. The summed E-state index contributed by atoms with van der Waals surface area (Å²) in [5.74, 6) is 0. The van der Waals surface area contributed by atoms with E-state index in [9.17, 15) is 5.11 Å². The molecular formula is C9H18NO. The molecule has 0 bridgehead atoms. The molecule has 1 aliphatic rings. The highest BCUT2D eigenvalue weighted by atomic mass is 16.2. The smallest absolute Gasteiger partial charge is 0.0822 e. The first-order valence-corrected chi connectivity index (χ1v) is 4.75. The van der Waals surface area contributed by atoms with E-state index in [1.165, 1.54) is 32.2 Å². The fraction of sp³-hybridized carbons (Fsp3) is 1.00. The molecule has 1 saturated heterocycles. The van der Waals surface area contributed by atoms with Crippen molar-refractivity contribution in [1.29, 1.82) is 0 Å². The van der Waals surface area contributed by atoms with Gasteiger partial charge in [-0.25, -0.2) is 5.11 Å². The van der Waals surface area contributed by atoms with E-state index in [1.54, 1.807) is 0 Å². The van der Waals surface area contributed by atoms with Crippen LogP contribution in [0.4, 0.5) is 0 Å². The number of unbranched alkanes of at least 4 members (excludes halogenated alkanes) is 1. The van der Waals surface area contributed by atoms with E-state index in [4.69, 9.17) is 0 Å². The molecule has 11 heavy (non-hydrogen) atoms. The average Bonchev–Trinajstić information content (AvgIpc) is 2.07. The third-order valence-corrected chi connectivity index (χ3v) is 2.36. The zero-order chi connectivity index (χ0) is 7.94. The van der Waals surface area contributed by atoms with E-state index < -0.39 is 0 Å². The summed E-state index contributed by atoms with van der Waals surface area (Å²) >= 11 is 0. The van der Waals surface area contributed by atoms with Crippen LogP contribution in [0.5, 0.6) is 0 Å². The van der Waals surface area contributed by atoms with Crippen LogP contribution in [0.2, 0.25) is 0 Å². The Hall–Kier alpha value is -0.0800. The normalized spacial score (nSPS) is 25.4. The molecule has 1 fully saturated rings. The molecule has 1 radical (unpaired) electrons. The number of nitrogens with one attached hydrogen (secondary N) is 1. The Morgan fingerprint density at radius 1 is 1.27 bits per heavy atom. The van der Waals surface area contributed by atoms with Crippen molar-refractivity contribution >= 4 is 0 Å². The summed E-state index contributed by atoms with van der Waals surface area (Å²) in [6.45, 7) is 1.29. The highest BCUT2D eigenvalue weighted by molar-refractivity contribution is 4.71. The number of hydrogen-bond donors (Lipinski definition) is 1. The van der Waals surface area contributed by atoms with Crippen LogP contribution < -0.4 is 5.32 Å². The summed E-state index contributed by atoms with van der Waals surface area (Å²) in [6, 6.07) is 0.718. The van der Waals surface area contributed by atoms with Gasteiger partial charge >= 0.3 is 0 Å². The second-order valence-corrected chi connectivity index (χ2v) is 3.35. The van der Waals surface area contributed by atoms with E-state index >= 15 is 0 Å². The summed E-state index contributed by atoms with van der Waals surface area (Å²) in [4.78, 5) is 0. The van der Waals surface area contributed by atoms with Crippen LogP contribution in [-0.4, -0.2) is 19.2 Å². The third-order valence-electron chi connectivity index (χ3n) is 2.36. The van der Waals surface area contributed by atoms with Crippen LogP contribution in [0.3, 0.4) is 0 Å². The fourth-order valence-corrected chi connectivity index (χ4v) is 1.66. The Balaban J connectivity index is 1.96. The van der Waals surface area contributed by atoms with E-state index in [2.05, 4.69) is 5.32 Å². The maximum Gasteiger partial charge on any atom is 0.0822 e. The van der Waals surface area contributed by atoms with Gasteiger partial charge in [0.25, 0.3) is 0 Å². The molecule has 1 atom stereocenters. The minimum atomic E-state index is 0.104. The van der Waals surface area contributed by atoms with Crippen molar-refractivity contribution in [2.24, 2.45) is 0 Å². The monoisotopic (exact) mass is 156 g/mol. The molecule has 0 amide bonds. The SMILES string of the molecule is [O]CCCCC1CCCCN1. The van der Waals surface area contributed by atoms with Crippen LogP contribution in [0.25, 0.3) is 0 Å². The molecule has 0 aromatic carbocycles. The van der Waals surface area contributed by atoms with Gasteiger partial charge in [-0.2, -0.15) is 0 Å². The van der Waals surface area contributed by atoms with Crippen LogP contribution in [0.15, 0.2) is 0 Å². The molecule has 0 saturated carbocycles. The first kappa shape index (κ1) is 9.01. The second-order valence-electron chi connectivity index (χ2n) is 3.35. The highest BCUT2D eigenvalue weighted by Gasteiger charge is 2.10. The van der Waals surface area contributed by atoms with Crippen molar-refractivity contribution < 1.29 is 5.11 Å². The lowest BCUT2D eigenvalue weighted by molar-refractivity contribution is 0.184. The first-order valence-electron chi connectivity index (χ1n) is 4.75. The van der Waals surface area contributed by atoms with E-state index in [-0.39, 0.29) is 6.61 Å². The van der Waals surface area contributed by atoms with Gasteiger partial charge in [-0.3, -0.25) is 0 Å². The van der Waals surface area contributed by atoms with Gasteiger partial charge in [0.05, 0.1) is 6.61 Å². The molecule has 2 heteroatoms.